The van der Waals surface area contributed by atoms with Crippen LogP contribution in [0.2, 0.25) is 0 Å². The van der Waals surface area contributed by atoms with E-state index in [9.17, 15) is 4.79 Å². The van der Waals surface area contributed by atoms with Crippen molar-refractivity contribution in [3.8, 4) is 23.3 Å². The molecule has 2 aromatic carbocycles. The van der Waals surface area contributed by atoms with Crippen LogP contribution in [-0.4, -0.2) is 23.0 Å². The van der Waals surface area contributed by atoms with Gasteiger partial charge >= 0.3 is 5.97 Å². The highest BCUT2D eigenvalue weighted by molar-refractivity contribution is 9.09. The molecule has 0 saturated carbocycles. The molecule has 1 aliphatic heterocycles. The second-order valence-corrected chi connectivity index (χ2v) is 9.50. The Morgan fingerprint density at radius 3 is 2.52 bits per heavy atom. The Labute approximate surface area is 192 Å². The molecule has 0 aromatic heterocycles. The van der Waals surface area contributed by atoms with E-state index in [4.69, 9.17) is 19.5 Å². The molecule has 0 spiro atoms. The number of carbonyl (C=O) groups is 1. The van der Waals surface area contributed by atoms with E-state index >= 15 is 0 Å². The van der Waals surface area contributed by atoms with Gasteiger partial charge in [-0.3, -0.25) is 4.79 Å². The second kappa shape index (κ2) is 9.32. The molecule has 164 valence electrons. The minimum Gasteiger partial charge on any atom is -0.489 e. The molecule has 3 rings (SSSR count). The molecule has 0 N–H and O–H groups in total. The van der Waals surface area contributed by atoms with Crippen molar-refractivity contribution in [2.45, 2.75) is 64.3 Å². The summed E-state index contributed by atoms with van der Waals surface area (Å²) in [4.78, 5) is 11.3. The fourth-order valence-corrected chi connectivity index (χ4v) is 4.26. The molecule has 0 amide bonds. The molecule has 5 nitrogen and oxygen atoms in total. The number of nitrogens with zero attached hydrogens (tertiary/aromatic N) is 1. The van der Waals surface area contributed by atoms with Crippen LogP contribution in [0.5, 0.6) is 17.2 Å². The third-order valence-electron chi connectivity index (χ3n) is 5.83. The van der Waals surface area contributed by atoms with Gasteiger partial charge < -0.3 is 14.2 Å². The maximum atomic E-state index is 11.5. The molecule has 0 fully saturated rings. The molecule has 1 heterocycles. The van der Waals surface area contributed by atoms with Crippen LogP contribution in [0.1, 0.15) is 48.1 Å². The SMILES string of the molecule is CC(=O)Oc1c(C)c(C)c2c(c1C)CCC(C)(COc1ccc(CC(Br)C#N)cc1)O2. The number of rotatable bonds is 6. The first-order valence-electron chi connectivity index (χ1n) is 10.4. The largest absolute Gasteiger partial charge is 0.489 e. The number of carbonyl (C=O) groups excluding carboxylic acids is 1. The molecular formula is C25H28BrNO4. The van der Waals surface area contributed by atoms with E-state index in [0.717, 1.165) is 52.2 Å². The molecule has 0 saturated heterocycles. The quantitative estimate of drug-likeness (QED) is 0.305. The molecule has 31 heavy (non-hydrogen) atoms. The van der Waals surface area contributed by atoms with Crippen molar-refractivity contribution < 1.29 is 19.0 Å². The van der Waals surface area contributed by atoms with Crippen molar-refractivity contribution in [3.63, 3.8) is 0 Å². The summed E-state index contributed by atoms with van der Waals surface area (Å²) >= 11 is 3.33. The topological polar surface area (TPSA) is 68.5 Å². The van der Waals surface area contributed by atoms with Gasteiger partial charge in [0.05, 0.1) is 6.07 Å². The lowest BCUT2D eigenvalue weighted by molar-refractivity contribution is -0.132. The Morgan fingerprint density at radius 1 is 1.23 bits per heavy atom. The Balaban J connectivity index is 1.74. The van der Waals surface area contributed by atoms with Crippen molar-refractivity contribution in [1.29, 1.82) is 5.26 Å². The summed E-state index contributed by atoms with van der Waals surface area (Å²) in [5.41, 5.74) is 4.61. The van der Waals surface area contributed by atoms with Gasteiger partial charge in [-0.15, -0.1) is 0 Å². The maximum absolute atomic E-state index is 11.5. The minimum absolute atomic E-state index is 0.189. The van der Waals surface area contributed by atoms with Crippen molar-refractivity contribution in [3.05, 3.63) is 52.1 Å². The van der Waals surface area contributed by atoms with E-state index in [1.54, 1.807) is 0 Å². The van der Waals surface area contributed by atoms with E-state index in [1.165, 1.54) is 6.92 Å². The summed E-state index contributed by atoms with van der Waals surface area (Å²) in [6, 6.07) is 9.99. The van der Waals surface area contributed by atoms with Gasteiger partial charge in [0.1, 0.15) is 34.3 Å². The summed E-state index contributed by atoms with van der Waals surface area (Å²) in [5.74, 6) is 1.98. The monoisotopic (exact) mass is 485 g/mol. The highest BCUT2D eigenvalue weighted by atomic mass is 79.9. The third kappa shape index (κ3) is 5.22. The summed E-state index contributed by atoms with van der Waals surface area (Å²) in [6.45, 7) is 9.86. The molecule has 1 aliphatic rings. The van der Waals surface area contributed by atoms with Gasteiger partial charge in [-0.25, -0.2) is 0 Å². The first kappa shape index (κ1) is 23.1. The predicted molar refractivity (Wildman–Crippen MR) is 123 cm³/mol. The van der Waals surface area contributed by atoms with Gasteiger partial charge in [0.15, 0.2) is 0 Å². The Bertz CT molecular complexity index is 1030. The van der Waals surface area contributed by atoms with Crippen LogP contribution in [0.3, 0.4) is 0 Å². The minimum atomic E-state index is -0.458. The molecule has 0 aliphatic carbocycles. The molecule has 6 heteroatoms. The fourth-order valence-electron chi connectivity index (χ4n) is 3.89. The fraction of sp³-hybridized carbons (Fsp3) is 0.440. The Hall–Kier alpha value is -2.52. The number of hydrogen-bond acceptors (Lipinski definition) is 5. The average Bonchev–Trinajstić information content (AvgIpc) is 2.74. The van der Waals surface area contributed by atoms with Crippen LogP contribution in [0, 0.1) is 32.1 Å². The Morgan fingerprint density at radius 2 is 1.90 bits per heavy atom. The highest BCUT2D eigenvalue weighted by Crippen LogP contribution is 2.44. The summed E-state index contributed by atoms with van der Waals surface area (Å²) in [5, 5.41) is 8.93. The lowest BCUT2D eigenvalue weighted by Crippen LogP contribution is -2.42. The van der Waals surface area contributed by atoms with Crippen LogP contribution in [-0.2, 0) is 17.6 Å². The first-order valence-corrected chi connectivity index (χ1v) is 11.3. The lowest BCUT2D eigenvalue weighted by atomic mass is 9.87. The number of halogens is 1. The lowest BCUT2D eigenvalue weighted by Gasteiger charge is -2.37. The number of ether oxygens (including phenoxy) is 3. The van der Waals surface area contributed by atoms with Crippen molar-refractivity contribution in [2.75, 3.05) is 6.61 Å². The number of benzene rings is 2. The van der Waals surface area contributed by atoms with Crippen LogP contribution in [0.25, 0.3) is 0 Å². The summed E-state index contributed by atoms with van der Waals surface area (Å²) < 4.78 is 18.0. The zero-order valence-electron chi connectivity index (χ0n) is 18.7. The third-order valence-corrected chi connectivity index (χ3v) is 6.36. The van der Waals surface area contributed by atoms with Gasteiger partial charge in [0, 0.05) is 12.5 Å². The smallest absolute Gasteiger partial charge is 0.308 e. The molecular weight excluding hydrogens is 458 g/mol. The molecule has 2 atom stereocenters. The van der Waals surface area contributed by atoms with Crippen LogP contribution in [0.15, 0.2) is 24.3 Å². The first-order chi connectivity index (χ1) is 14.6. The molecule has 0 bridgehead atoms. The van der Waals surface area contributed by atoms with E-state index in [-0.39, 0.29) is 10.8 Å². The van der Waals surface area contributed by atoms with Crippen molar-refractivity contribution in [1.82, 2.24) is 0 Å². The van der Waals surface area contributed by atoms with Crippen LogP contribution >= 0.6 is 15.9 Å². The zero-order chi connectivity index (χ0) is 22.8. The van der Waals surface area contributed by atoms with E-state index in [0.29, 0.717) is 18.8 Å². The normalized spacial score (nSPS) is 18.4. The Kier molecular flexibility index (Phi) is 6.96. The summed E-state index contributed by atoms with van der Waals surface area (Å²) in [7, 11) is 0. The average molecular weight is 486 g/mol. The standard InChI is InChI=1S/C25H28BrNO4/c1-15-16(2)24-22(17(3)23(15)30-18(4)28)10-11-25(5,31-24)14-29-21-8-6-19(7-9-21)12-20(26)13-27/h6-9,20H,10-12,14H2,1-5H3. The van der Waals surface area contributed by atoms with Gasteiger partial charge in [-0.05, 0) is 81.3 Å². The number of alkyl halides is 1. The van der Waals surface area contributed by atoms with Crippen LogP contribution in [0.4, 0.5) is 0 Å². The number of nitriles is 1. The maximum Gasteiger partial charge on any atom is 0.308 e. The van der Waals surface area contributed by atoms with Gasteiger partial charge in [-0.1, -0.05) is 28.1 Å². The van der Waals surface area contributed by atoms with Crippen molar-refractivity contribution in [2.24, 2.45) is 0 Å². The molecule has 2 aromatic rings. The highest BCUT2D eigenvalue weighted by Gasteiger charge is 2.35. The zero-order valence-corrected chi connectivity index (χ0v) is 20.3. The van der Waals surface area contributed by atoms with Gasteiger partial charge in [-0.2, -0.15) is 5.26 Å². The molecule has 2 unspecified atom stereocenters. The van der Waals surface area contributed by atoms with E-state index < -0.39 is 5.60 Å². The predicted octanol–water partition coefficient (Wildman–Crippen LogP) is 5.53. The van der Waals surface area contributed by atoms with Gasteiger partial charge in [0.25, 0.3) is 0 Å². The van der Waals surface area contributed by atoms with E-state index in [2.05, 4.69) is 28.9 Å². The second-order valence-electron chi connectivity index (χ2n) is 8.39. The van der Waals surface area contributed by atoms with Crippen molar-refractivity contribution >= 4 is 21.9 Å². The number of fused-ring (bicyclic) bond motifs is 1. The molecule has 0 radical (unpaired) electrons. The number of hydrogen-bond donors (Lipinski definition) is 0. The summed E-state index contributed by atoms with van der Waals surface area (Å²) in [6.07, 6.45) is 2.28. The van der Waals surface area contributed by atoms with Gasteiger partial charge in [0.2, 0.25) is 0 Å². The van der Waals surface area contributed by atoms with E-state index in [1.807, 2.05) is 45.0 Å². The number of esters is 1. The van der Waals surface area contributed by atoms with Crippen LogP contribution < -0.4 is 14.2 Å².